The van der Waals surface area contributed by atoms with Crippen LogP contribution in [0.1, 0.15) is 35.0 Å². The van der Waals surface area contributed by atoms with Crippen LogP contribution in [0.5, 0.6) is 5.75 Å². The molecule has 1 aromatic carbocycles. The summed E-state index contributed by atoms with van der Waals surface area (Å²) in [6.07, 6.45) is 2.68. The van der Waals surface area contributed by atoms with Gasteiger partial charge in [0.15, 0.2) is 0 Å². The number of nitrogens with one attached hydrogen (secondary N) is 2. The Hall–Kier alpha value is -3.15. The van der Waals surface area contributed by atoms with Crippen LogP contribution in [0.4, 0.5) is 11.8 Å². The monoisotopic (exact) mass is 361 g/mol. The lowest BCUT2D eigenvalue weighted by Crippen LogP contribution is -2.22. The lowest BCUT2D eigenvalue weighted by molar-refractivity contribution is 0.274. The van der Waals surface area contributed by atoms with Gasteiger partial charge in [-0.2, -0.15) is 4.98 Å². The third kappa shape index (κ3) is 3.84. The molecular formula is C21H23N5O. The summed E-state index contributed by atoms with van der Waals surface area (Å²) in [5.74, 6) is 2.40. The normalized spacial score (nSPS) is 15.6. The molecule has 138 valence electrons. The molecule has 0 saturated carbocycles. The van der Waals surface area contributed by atoms with Crippen LogP contribution in [0.2, 0.25) is 0 Å². The Bertz CT molecular complexity index is 929. The summed E-state index contributed by atoms with van der Waals surface area (Å²) in [5, 5.41) is 6.87. The molecule has 0 radical (unpaired) electrons. The quantitative estimate of drug-likeness (QED) is 0.715. The lowest BCUT2D eigenvalue weighted by Gasteiger charge is -2.27. The van der Waals surface area contributed by atoms with E-state index in [9.17, 15) is 0 Å². The smallest absolute Gasteiger partial charge is 0.225 e. The molecule has 0 amide bonds. The van der Waals surface area contributed by atoms with E-state index in [1.807, 2.05) is 50.2 Å². The van der Waals surface area contributed by atoms with Crippen molar-refractivity contribution in [2.75, 3.05) is 17.2 Å². The third-order valence-corrected chi connectivity index (χ3v) is 4.81. The average Bonchev–Trinajstić information content (AvgIpc) is 2.71. The van der Waals surface area contributed by atoms with E-state index in [-0.39, 0.29) is 6.04 Å². The molecule has 6 heteroatoms. The molecule has 2 N–H and O–H groups in total. The molecule has 1 aliphatic heterocycles. The Balaban J connectivity index is 1.55. The number of nitrogens with zero attached hydrogens (tertiary/aromatic N) is 3. The predicted octanol–water partition coefficient (Wildman–Crippen LogP) is 4.04. The molecule has 0 spiro atoms. The van der Waals surface area contributed by atoms with E-state index < -0.39 is 0 Å². The van der Waals surface area contributed by atoms with Crippen LogP contribution < -0.4 is 15.4 Å². The van der Waals surface area contributed by atoms with Crippen molar-refractivity contribution >= 4 is 11.8 Å². The number of fused-ring (bicyclic) bond motifs is 1. The molecule has 3 heterocycles. The number of aryl methyl sites for hydroxylation is 1. The van der Waals surface area contributed by atoms with Crippen LogP contribution in [0.3, 0.4) is 0 Å². The fourth-order valence-electron chi connectivity index (χ4n) is 3.18. The topological polar surface area (TPSA) is 72.0 Å². The van der Waals surface area contributed by atoms with Crippen LogP contribution in [0.15, 0.2) is 48.7 Å². The van der Waals surface area contributed by atoms with Gasteiger partial charge in [-0.15, -0.1) is 0 Å². The van der Waals surface area contributed by atoms with Gasteiger partial charge in [-0.3, -0.25) is 4.98 Å². The summed E-state index contributed by atoms with van der Waals surface area (Å²) in [5.41, 5.74) is 4.13. The first-order chi connectivity index (χ1) is 13.2. The van der Waals surface area contributed by atoms with Crippen LogP contribution >= 0.6 is 0 Å². The van der Waals surface area contributed by atoms with Crippen molar-refractivity contribution in [1.29, 1.82) is 0 Å². The van der Waals surface area contributed by atoms with Gasteiger partial charge in [0.2, 0.25) is 5.95 Å². The van der Waals surface area contributed by atoms with Crippen molar-refractivity contribution < 1.29 is 4.74 Å². The van der Waals surface area contributed by atoms with Crippen LogP contribution in [0.25, 0.3) is 0 Å². The first-order valence-corrected chi connectivity index (χ1v) is 9.18. The first-order valence-electron chi connectivity index (χ1n) is 9.18. The molecule has 1 atom stereocenters. The van der Waals surface area contributed by atoms with Gasteiger partial charge in [0.1, 0.15) is 11.6 Å². The molecule has 1 unspecified atom stereocenters. The Morgan fingerprint density at radius 2 is 1.93 bits per heavy atom. The van der Waals surface area contributed by atoms with Crippen molar-refractivity contribution in [3.8, 4) is 5.75 Å². The number of pyridine rings is 1. The Morgan fingerprint density at radius 3 is 2.78 bits per heavy atom. The van der Waals surface area contributed by atoms with Gasteiger partial charge >= 0.3 is 0 Å². The van der Waals surface area contributed by atoms with Gasteiger partial charge in [0.05, 0.1) is 24.9 Å². The maximum absolute atomic E-state index is 5.76. The van der Waals surface area contributed by atoms with Crippen molar-refractivity contribution in [2.24, 2.45) is 0 Å². The summed E-state index contributed by atoms with van der Waals surface area (Å²) in [7, 11) is 0. The Labute approximate surface area is 159 Å². The Morgan fingerprint density at radius 1 is 1.07 bits per heavy atom. The van der Waals surface area contributed by atoms with Crippen LogP contribution in [-0.4, -0.2) is 21.6 Å². The molecule has 27 heavy (non-hydrogen) atoms. The standard InChI is InChI=1S/C21H23N5O/c1-14-15(2)24-21(23-13-16-7-5-6-11-22-16)26-20(14)25-18-10-12-27-19-9-4-3-8-17(18)19/h3-9,11,18H,10,12-13H2,1-2H3,(H2,23,24,25,26). The number of aromatic nitrogens is 3. The van der Waals surface area contributed by atoms with E-state index in [1.165, 1.54) is 5.56 Å². The third-order valence-electron chi connectivity index (χ3n) is 4.81. The van der Waals surface area contributed by atoms with E-state index in [1.54, 1.807) is 6.20 Å². The van der Waals surface area contributed by atoms with Crippen molar-refractivity contribution in [2.45, 2.75) is 32.9 Å². The number of benzene rings is 1. The van der Waals surface area contributed by atoms with Gasteiger partial charge in [-0.1, -0.05) is 24.3 Å². The van der Waals surface area contributed by atoms with Gasteiger partial charge < -0.3 is 15.4 Å². The average molecular weight is 361 g/mol. The second kappa shape index (κ2) is 7.61. The maximum atomic E-state index is 5.76. The predicted molar refractivity (Wildman–Crippen MR) is 106 cm³/mol. The molecule has 0 aliphatic carbocycles. The SMILES string of the molecule is Cc1nc(NCc2ccccn2)nc(NC2CCOc3ccccc32)c1C. The van der Waals surface area contributed by atoms with E-state index in [0.29, 0.717) is 19.1 Å². The van der Waals surface area contributed by atoms with Gasteiger partial charge in [-0.25, -0.2) is 4.98 Å². The first kappa shape index (κ1) is 17.3. The minimum atomic E-state index is 0.173. The second-order valence-corrected chi connectivity index (χ2v) is 6.65. The molecule has 0 fully saturated rings. The van der Waals surface area contributed by atoms with Gasteiger partial charge in [0.25, 0.3) is 0 Å². The summed E-state index contributed by atoms with van der Waals surface area (Å²) >= 11 is 0. The van der Waals surface area contributed by atoms with E-state index in [2.05, 4.69) is 26.7 Å². The number of ether oxygens (including phenoxy) is 1. The molecule has 0 saturated heterocycles. The number of rotatable bonds is 5. The minimum absolute atomic E-state index is 0.173. The molecule has 6 nitrogen and oxygen atoms in total. The minimum Gasteiger partial charge on any atom is -0.493 e. The number of hydrogen-bond donors (Lipinski definition) is 2. The Kier molecular flexibility index (Phi) is 4.87. The van der Waals surface area contributed by atoms with E-state index >= 15 is 0 Å². The highest BCUT2D eigenvalue weighted by Crippen LogP contribution is 2.34. The zero-order valence-corrected chi connectivity index (χ0v) is 15.6. The molecule has 4 rings (SSSR count). The highest BCUT2D eigenvalue weighted by molar-refractivity contribution is 5.52. The van der Waals surface area contributed by atoms with Crippen molar-refractivity contribution in [3.05, 3.63) is 71.2 Å². The summed E-state index contributed by atoms with van der Waals surface area (Å²) < 4.78 is 5.76. The number of para-hydroxylation sites is 1. The number of hydrogen-bond acceptors (Lipinski definition) is 6. The lowest BCUT2D eigenvalue weighted by atomic mass is 10.0. The van der Waals surface area contributed by atoms with Crippen LogP contribution in [0, 0.1) is 13.8 Å². The highest BCUT2D eigenvalue weighted by Gasteiger charge is 2.22. The summed E-state index contributed by atoms with van der Waals surface area (Å²) in [6.45, 7) is 5.34. The van der Waals surface area contributed by atoms with Crippen molar-refractivity contribution in [3.63, 3.8) is 0 Å². The molecule has 3 aromatic rings. The van der Waals surface area contributed by atoms with E-state index in [0.717, 1.165) is 34.9 Å². The molecular weight excluding hydrogens is 338 g/mol. The molecule has 1 aliphatic rings. The second-order valence-electron chi connectivity index (χ2n) is 6.65. The van der Waals surface area contributed by atoms with E-state index in [4.69, 9.17) is 9.72 Å². The maximum Gasteiger partial charge on any atom is 0.225 e. The number of anilines is 2. The summed E-state index contributed by atoms with van der Waals surface area (Å²) in [6, 6.07) is 14.2. The van der Waals surface area contributed by atoms with Crippen LogP contribution in [-0.2, 0) is 6.54 Å². The molecule has 0 bridgehead atoms. The van der Waals surface area contributed by atoms with Gasteiger partial charge in [0, 0.05) is 29.4 Å². The van der Waals surface area contributed by atoms with Crippen molar-refractivity contribution in [1.82, 2.24) is 15.0 Å². The molecule has 2 aromatic heterocycles. The largest absolute Gasteiger partial charge is 0.493 e. The van der Waals surface area contributed by atoms with Gasteiger partial charge in [-0.05, 0) is 32.0 Å². The zero-order chi connectivity index (χ0) is 18.6. The summed E-state index contributed by atoms with van der Waals surface area (Å²) in [4.78, 5) is 13.6. The fraction of sp³-hybridized carbons (Fsp3) is 0.286. The highest BCUT2D eigenvalue weighted by atomic mass is 16.5. The zero-order valence-electron chi connectivity index (χ0n) is 15.6. The fourth-order valence-corrected chi connectivity index (χ4v) is 3.18.